The molecule has 0 spiro atoms. The number of nitrogens with zero attached hydrogens (tertiary/aromatic N) is 2. The number of hydrogen-bond donors (Lipinski definition) is 0. The second-order valence-electron chi connectivity index (χ2n) is 6.61. The summed E-state index contributed by atoms with van der Waals surface area (Å²) in [5, 5.41) is 0. The highest BCUT2D eigenvalue weighted by Gasteiger charge is 2.20. The number of hydrogen-bond acceptors (Lipinski definition) is 1. The first-order valence-electron chi connectivity index (χ1n) is 8.89. The van der Waals surface area contributed by atoms with Gasteiger partial charge in [0.25, 0.3) is 0 Å². The van der Waals surface area contributed by atoms with Gasteiger partial charge in [0.05, 0.1) is 0 Å². The fourth-order valence-electron chi connectivity index (χ4n) is 3.69. The fourth-order valence-corrected chi connectivity index (χ4v) is 3.69. The Kier molecular flexibility index (Phi) is 5.50. The third kappa shape index (κ3) is 4.23. The monoisotopic (exact) mass is 314 g/mol. The van der Waals surface area contributed by atoms with Crippen LogP contribution in [-0.4, -0.2) is 22.1 Å². The van der Waals surface area contributed by atoms with Gasteiger partial charge >= 0.3 is 0 Å². The Morgan fingerprint density at radius 2 is 1.83 bits per heavy atom. The van der Waals surface area contributed by atoms with E-state index < -0.39 is 0 Å². The van der Waals surface area contributed by atoms with Gasteiger partial charge in [0.2, 0.25) is 0 Å². The van der Waals surface area contributed by atoms with Crippen LogP contribution in [0.1, 0.15) is 50.3 Å². The van der Waals surface area contributed by atoms with E-state index >= 15 is 0 Å². The van der Waals surface area contributed by atoms with Gasteiger partial charge in [-0.15, -0.1) is 0 Å². The van der Waals surface area contributed by atoms with E-state index in [0.29, 0.717) is 0 Å². The largest absolute Gasteiger partial charge is 0.346 e. The smallest absolute Gasteiger partial charge is 0.123 e. The van der Waals surface area contributed by atoms with Gasteiger partial charge in [-0.05, 0) is 49.2 Å². The average Bonchev–Trinajstić information content (AvgIpc) is 3.02. The molecule has 0 unspecified atom stereocenters. The van der Waals surface area contributed by atoms with E-state index in [2.05, 4.69) is 34.7 Å². The number of aromatic nitrogens is 1. The lowest BCUT2D eigenvalue weighted by molar-refractivity contribution is 0.153. The van der Waals surface area contributed by atoms with E-state index in [0.717, 1.165) is 31.2 Å². The van der Waals surface area contributed by atoms with Gasteiger partial charge < -0.3 is 4.57 Å². The van der Waals surface area contributed by atoms with Gasteiger partial charge in [0, 0.05) is 31.0 Å². The summed E-state index contributed by atoms with van der Waals surface area (Å²) in [4.78, 5) is 2.62. The number of halogens is 1. The molecule has 0 aliphatic heterocycles. The summed E-state index contributed by atoms with van der Waals surface area (Å²) in [6.07, 6.45) is 8.96. The van der Waals surface area contributed by atoms with Crippen LogP contribution >= 0.6 is 0 Å². The molecule has 3 rings (SSSR count). The van der Waals surface area contributed by atoms with Crippen molar-refractivity contribution < 1.29 is 4.39 Å². The van der Waals surface area contributed by atoms with Crippen molar-refractivity contribution in [3.8, 4) is 0 Å². The molecule has 1 aromatic carbocycles. The van der Waals surface area contributed by atoms with E-state index in [-0.39, 0.29) is 5.82 Å². The zero-order valence-electron chi connectivity index (χ0n) is 14.0. The molecule has 1 saturated carbocycles. The van der Waals surface area contributed by atoms with Gasteiger partial charge in [-0.25, -0.2) is 4.39 Å². The molecule has 1 aliphatic carbocycles. The molecule has 124 valence electrons. The van der Waals surface area contributed by atoms with Crippen LogP contribution in [0.25, 0.3) is 0 Å². The summed E-state index contributed by atoms with van der Waals surface area (Å²) in [5.74, 6) is -0.170. The lowest BCUT2D eigenvalue weighted by Crippen LogP contribution is -2.36. The fraction of sp³-hybridized carbons (Fsp3) is 0.500. The molecular formula is C20H27FN2. The molecule has 1 fully saturated rings. The van der Waals surface area contributed by atoms with Crippen molar-refractivity contribution in [3.05, 3.63) is 59.7 Å². The molecule has 3 heteroatoms. The van der Waals surface area contributed by atoms with Crippen molar-refractivity contribution in [2.24, 2.45) is 0 Å². The van der Waals surface area contributed by atoms with Gasteiger partial charge in [0.15, 0.2) is 0 Å². The van der Waals surface area contributed by atoms with E-state index in [1.807, 2.05) is 12.1 Å². The Morgan fingerprint density at radius 1 is 1.09 bits per heavy atom. The second kappa shape index (κ2) is 7.78. The van der Waals surface area contributed by atoms with Crippen LogP contribution in [0.15, 0.2) is 42.6 Å². The summed E-state index contributed by atoms with van der Waals surface area (Å²) in [6, 6.07) is 11.9. The van der Waals surface area contributed by atoms with E-state index in [1.165, 1.54) is 37.8 Å². The first kappa shape index (κ1) is 16.3. The van der Waals surface area contributed by atoms with Crippen LogP contribution in [0.5, 0.6) is 0 Å². The zero-order chi connectivity index (χ0) is 16.1. The third-order valence-electron chi connectivity index (χ3n) is 5.05. The highest BCUT2D eigenvalue weighted by Crippen LogP contribution is 2.24. The first-order valence-corrected chi connectivity index (χ1v) is 8.89. The van der Waals surface area contributed by atoms with Crippen molar-refractivity contribution in [1.82, 2.24) is 9.47 Å². The van der Waals surface area contributed by atoms with Crippen LogP contribution in [0.3, 0.4) is 0 Å². The summed E-state index contributed by atoms with van der Waals surface area (Å²) >= 11 is 0. The minimum Gasteiger partial charge on any atom is -0.346 e. The molecule has 0 amide bonds. The lowest BCUT2D eigenvalue weighted by Gasteiger charge is -2.33. The van der Waals surface area contributed by atoms with Crippen LogP contribution in [0.4, 0.5) is 4.39 Å². The average molecular weight is 314 g/mol. The van der Waals surface area contributed by atoms with Crippen molar-refractivity contribution in [1.29, 1.82) is 0 Å². The van der Waals surface area contributed by atoms with Crippen LogP contribution < -0.4 is 0 Å². The standard InChI is InChI=1S/C20H27FN2/c1-2-22(19-7-4-3-5-8-19)16-20-9-6-14-23(20)15-17-10-12-18(21)13-11-17/h6,9-14,19H,2-5,7-8,15-16H2,1H3. The molecule has 1 aromatic heterocycles. The van der Waals surface area contributed by atoms with Crippen LogP contribution in [0, 0.1) is 5.82 Å². The molecule has 2 nitrogen and oxygen atoms in total. The Bertz CT molecular complexity index is 596. The van der Waals surface area contributed by atoms with Gasteiger partial charge in [0.1, 0.15) is 5.82 Å². The zero-order valence-corrected chi connectivity index (χ0v) is 14.0. The lowest BCUT2D eigenvalue weighted by atomic mass is 9.94. The molecule has 0 N–H and O–H groups in total. The highest BCUT2D eigenvalue weighted by atomic mass is 19.1. The number of benzene rings is 1. The summed E-state index contributed by atoms with van der Waals surface area (Å²) in [7, 11) is 0. The van der Waals surface area contributed by atoms with Crippen molar-refractivity contribution in [2.45, 2.75) is 58.2 Å². The van der Waals surface area contributed by atoms with E-state index in [9.17, 15) is 4.39 Å². The third-order valence-corrected chi connectivity index (χ3v) is 5.05. The molecule has 23 heavy (non-hydrogen) atoms. The predicted octanol–water partition coefficient (Wildman–Crippen LogP) is 4.83. The van der Waals surface area contributed by atoms with E-state index in [4.69, 9.17) is 0 Å². The summed E-state index contributed by atoms with van der Waals surface area (Å²) in [6.45, 7) is 5.19. The van der Waals surface area contributed by atoms with Crippen molar-refractivity contribution in [2.75, 3.05) is 6.54 Å². The molecule has 0 radical (unpaired) electrons. The van der Waals surface area contributed by atoms with Crippen LogP contribution in [-0.2, 0) is 13.1 Å². The quantitative estimate of drug-likeness (QED) is 0.741. The molecule has 0 atom stereocenters. The minimum atomic E-state index is -0.170. The van der Waals surface area contributed by atoms with E-state index in [1.54, 1.807) is 12.1 Å². The predicted molar refractivity (Wildman–Crippen MR) is 92.9 cm³/mol. The Morgan fingerprint density at radius 3 is 2.52 bits per heavy atom. The molecule has 2 aromatic rings. The molecule has 1 heterocycles. The molecule has 0 saturated heterocycles. The maximum Gasteiger partial charge on any atom is 0.123 e. The van der Waals surface area contributed by atoms with Crippen LogP contribution in [0.2, 0.25) is 0 Å². The number of rotatable bonds is 6. The maximum atomic E-state index is 13.1. The molecular weight excluding hydrogens is 287 g/mol. The minimum absolute atomic E-state index is 0.170. The maximum absolute atomic E-state index is 13.1. The Labute approximate surface area is 138 Å². The summed E-state index contributed by atoms with van der Waals surface area (Å²) < 4.78 is 15.3. The Balaban J connectivity index is 1.68. The van der Waals surface area contributed by atoms with Crippen molar-refractivity contribution >= 4 is 0 Å². The Hall–Kier alpha value is -1.61. The van der Waals surface area contributed by atoms with Gasteiger partial charge in [-0.2, -0.15) is 0 Å². The van der Waals surface area contributed by atoms with Crippen molar-refractivity contribution in [3.63, 3.8) is 0 Å². The normalized spacial score (nSPS) is 16.1. The SMILES string of the molecule is CCN(Cc1cccn1Cc1ccc(F)cc1)C1CCCCC1. The van der Waals surface area contributed by atoms with Gasteiger partial charge in [-0.1, -0.05) is 38.3 Å². The second-order valence-corrected chi connectivity index (χ2v) is 6.61. The topological polar surface area (TPSA) is 8.17 Å². The highest BCUT2D eigenvalue weighted by molar-refractivity contribution is 5.18. The molecule has 0 bridgehead atoms. The summed E-state index contributed by atoms with van der Waals surface area (Å²) in [5.41, 5.74) is 2.49. The molecule has 1 aliphatic rings. The first-order chi connectivity index (χ1) is 11.3. The van der Waals surface area contributed by atoms with Gasteiger partial charge in [-0.3, -0.25) is 4.90 Å².